The van der Waals surface area contributed by atoms with Gasteiger partial charge in [-0.3, -0.25) is 14.7 Å². The third-order valence-corrected chi connectivity index (χ3v) is 3.55. The first kappa shape index (κ1) is 14.1. The Labute approximate surface area is 116 Å². The lowest BCUT2D eigenvalue weighted by Crippen LogP contribution is -2.42. The van der Waals surface area contributed by atoms with E-state index in [0.717, 1.165) is 12.8 Å². The third-order valence-electron chi connectivity index (χ3n) is 3.55. The first-order chi connectivity index (χ1) is 9.68. The average molecular weight is 275 g/mol. The number of aromatic amines is 1. The van der Waals surface area contributed by atoms with E-state index < -0.39 is 5.41 Å². The molecule has 1 aliphatic carbocycles. The smallest absolute Gasteiger partial charge is 0.269 e. The van der Waals surface area contributed by atoms with Crippen molar-refractivity contribution in [1.82, 2.24) is 20.8 Å². The van der Waals surface area contributed by atoms with Crippen LogP contribution in [0.15, 0.2) is 12.3 Å². The molecular formula is C13H17N5O2. The number of carbonyl (C=O) groups excluding carboxylic acids is 2. The van der Waals surface area contributed by atoms with Crippen molar-refractivity contribution >= 4 is 11.8 Å². The number of carbonyl (C=O) groups is 2. The molecule has 106 valence electrons. The van der Waals surface area contributed by atoms with E-state index in [0.29, 0.717) is 31.6 Å². The number of nitrogens with one attached hydrogen (secondary N) is 3. The fraction of sp³-hybridized carbons (Fsp3) is 0.538. The second-order valence-corrected chi connectivity index (χ2v) is 4.88. The molecule has 0 saturated heterocycles. The van der Waals surface area contributed by atoms with Crippen LogP contribution in [0.5, 0.6) is 0 Å². The monoisotopic (exact) mass is 275 g/mol. The number of hydrogen-bond donors (Lipinski definition) is 3. The minimum Gasteiger partial charge on any atom is -0.353 e. The minimum absolute atomic E-state index is 0.228. The van der Waals surface area contributed by atoms with E-state index >= 15 is 0 Å². The van der Waals surface area contributed by atoms with Crippen LogP contribution in [-0.4, -0.2) is 35.1 Å². The first-order valence-corrected chi connectivity index (χ1v) is 6.65. The van der Waals surface area contributed by atoms with Crippen LogP contribution in [-0.2, 0) is 4.79 Å². The Bertz CT molecular complexity index is 511. The normalized spacial score (nSPS) is 16.4. The molecule has 0 radical (unpaired) electrons. The fourth-order valence-electron chi connectivity index (χ4n) is 2.37. The molecule has 0 spiro atoms. The van der Waals surface area contributed by atoms with E-state index in [-0.39, 0.29) is 11.8 Å². The van der Waals surface area contributed by atoms with Gasteiger partial charge in [-0.2, -0.15) is 10.4 Å². The van der Waals surface area contributed by atoms with Gasteiger partial charge in [-0.05, 0) is 18.9 Å². The Morgan fingerprint density at radius 2 is 2.05 bits per heavy atom. The zero-order valence-corrected chi connectivity index (χ0v) is 11.1. The molecule has 3 N–H and O–H groups in total. The molecule has 1 aromatic heterocycles. The molecule has 1 aromatic rings. The van der Waals surface area contributed by atoms with Crippen LogP contribution < -0.4 is 10.6 Å². The van der Waals surface area contributed by atoms with Crippen LogP contribution in [0.3, 0.4) is 0 Å². The topological polar surface area (TPSA) is 111 Å². The SMILES string of the molecule is N#CC1(C(=O)NCCNC(=O)c2ccn[nH]2)CCCC1. The van der Waals surface area contributed by atoms with Gasteiger partial charge in [0.15, 0.2) is 0 Å². The molecule has 0 aromatic carbocycles. The van der Waals surface area contributed by atoms with Gasteiger partial charge in [0.1, 0.15) is 11.1 Å². The lowest BCUT2D eigenvalue weighted by molar-refractivity contribution is -0.127. The van der Waals surface area contributed by atoms with Gasteiger partial charge in [0.25, 0.3) is 5.91 Å². The van der Waals surface area contributed by atoms with Gasteiger partial charge in [-0.15, -0.1) is 0 Å². The molecular weight excluding hydrogens is 258 g/mol. The Hall–Kier alpha value is -2.36. The Balaban J connectivity index is 1.72. The summed E-state index contributed by atoms with van der Waals surface area (Å²) in [6.45, 7) is 0.618. The number of hydrogen-bond acceptors (Lipinski definition) is 4. The molecule has 1 aliphatic rings. The van der Waals surface area contributed by atoms with Crippen LogP contribution in [0.4, 0.5) is 0 Å². The summed E-state index contributed by atoms with van der Waals surface area (Å²) in [6, 6.07) is 3.70. The Morgan fingerprint density at radius 3 is 2.65 bits per heavy atom. The summed E-state index contributed by atoms with van der Waals surface area (Å²) >= 11 is 0. The number of H-pyrrole nitrogens is 1. The highest BCUT2D eigenvalue weighted by Crippen LogP contribution is 2.37. The van der Waals surface area contributed by atoms with E-state index in [1.807, 2.05) is 0 Å². The summed E-state index contributed by atoms with van der Waals surface area (Å²) in [5.74, 6) is -0.499. The first-order valence-electron chi connectivity index (χ1n) is 6.65. The third kappa shape index (κ3) is 2.96. The van der Waals surface area contributed by atoms with Gasteiger partial charge < -0.3 is 10.6 Å². The molecule has 0 unspecified atom stereocenters. The van der Waals surface area contributed by atoms with Gasteiger partial charge >= 0.3 is 0 Å². The summed E-state index contributed by atoms with van der Waals surface area (Å²) < 4.78 is 0. The van der Waals surface area contributed by atoms with Crippen LogP contribution in [0.25, 0.3) is 0 Å². The highest BCUT2D eigenvalue weighted by atomic mass is 16.2. The van der Waals surface area contributed by atoms with Crippen LogP contribution >= 0.6 is 0 Å². The van der Waals surface area contributed by atoms with Crippen molar-refractivity contribution in [3.05, 3.63) is 18.0 Å². The van der Waals surface area contributed by atoms with Crippen LogP contribution in [0, 0.1) is 16.7 Å². The molecule has 1 saturated carbocycles. The van der Waals surface area contributed by atoms with E-state index in [9.17, 15) is 9.59 Å². The van der Waals surface area contributed by atoms with Gasteiger partial charge in [-0.1, -0.05) is 12.8 Å². The van der Waals surface area contributed by atoms with Crippen molar-refractivity contribution in [3.63, 3.8) is 0 Å². The van der Waals surface area contributed by atoms with Crippen molar-refractivity contribution in [1.29, 1.82) is 5.26 Å². The number of nitriles is 1. The van der Waals surface area contributed by atoms with E-state index in [1.165, 1.54) is 6.20 Å². The van der Waals surface area contributed by atoms with Crippen LogP contribution in [0.2, 0.25) is 0 Å². The maximum absolute atomic E-state index is 12.0. The zero-order chi connectivity index (χ0) is 14.4. The predicted molar refractivity (Wildman–Crippen MR) is 70.4 cm³/mol. The van der Waals surface area contributed by atoms with Crippen LogP contribution in [0.1, 0.15) is 36.2 Å². The van der Waals surface area contributed by atoms with Crippen molar-refractivity contribution in [2.45, 2.75) is 25.7 Å². The fourth-order valence-corrected chi connectivity index (χ4v) is 2.37. The summed E-state index contributed by atoms with van der Waals surface area (Å²) in [5.41, 5.74) is -0.492. The predicted octanol–water partition coefficient (Wildman–Crippen LogP) is 0.340. The lowest BCUT2D eigenvalue weighted by atomic mass is 9.87. The number of aromatic nitrogens is 2. The standard InChI is InChI=1S/C13H17N5O2/c14-9-13(4-1-2-5-13)12(20)16-8-7-15-11(19)10-3-6-17-18-10/h3,6H,1-2,4-5,7-8H2,(H,15,19)(H,16,20)(H,17,18). The number of amides is 2. The average Bonchev–Trinajstić information content (AvgIpc) is 3.13. The van der Waals surface area contributed by atoms with E-state index in [1.54, 1.807) is 6.07 Å². The second-order valence-electron chi connectivity index (χ2n) is 4.88. The minimum atomic E-state index is -0.868. The molecule has 1 fully saturated rings. The van der Waals surface area contributed by atoms with Gasteiger partial charge in [0.05, 0.1) is 6.07 Å². The summed E-state index contributed by atoms with van der Waals surface area (Å²) in [5, 5.41) is 20.8. The summed E-state index contributed by atoms with van der Waals surface area (Å²) in [4.78, 5) is 23.6. The Morgan fingerprint density at radius 1 is 1.35 bits per heavy atom. The molecule has 2 rings (SSSR count). The van der Waals surface area contributed by atoms with Crippen molar-refractivity contribution in [3.8, 4) is 6.07 Å². The van der Waals surface area contributed by atoms with Crippen molar-refractivity contribution in [2.24, 2.45) is 5.41 Å². The van der Waals surface area contributed by atoms with Crippen molar-refractivity contribution < 1.29 is 9.59 Å². The molecule has 0 bridgehead atoms. The van der Waals surface area contributed by atoms with Gasteiger partial charge in [-0.25, -0.2) is 0 Å². The maximum atomic E-state index is 12.0. The van der Waals surface area contributed by atoms with E-state index in [2.05, 4.69) is 26.9 Å². The second kappa shape index (κ2) is 6.19. The largest absolute Gasteiger partial charge is 0.353 e. The summed E-state index contributed by atoms with van der Waals surface area (Å²) in [6.07, 6.45) is 4.56. The molecule has 1 heterocycles. The van der Waals surface area contributed by atoms with Gasteiger partial charge in [0.2, 0.25) is 5.91 Å². The number of rotatable bonds is 5. The highest BCUT2D eigenvalue weighted by Gasteiger charge is 2.41. The number of nitrogens with zero attached hydrogens (tertiary/aromatic N) is 2. The van der Waals surface area contributed by atoms with E-state index in [4.69, 9.17) is 5.26 Å². The molecule has 7 heteroatoms. The Kier molecular flexibility index (Phi) is 4.35. The van der Waals surface area contributed by atoms with Gasteiger partial charge in [0, 0.05) is 19.3 Å². The van der Waals surface area contributed by atoms with Crippen molar-refractivity contribution in [2.75, 3.05) is 13.1 Å². The highest BCUT2D eigenvalue weighted by molar-refractivity contribution is 5.92. The molecule has 20 heavy (non-hydrogen) atoms. The molecule has 7 nitrogen and oxygen atoms in total. The molecule has 2 amide bonds. The lowest BCUT2D eigenvalue weighted by Gasteiger charge is -2.19. The summed E-state index contributed by atoms with van der Waals surface area (Å²) in [7, 11) is 0. The zero-order valence-electron chi connectivity index (χ0n) is 11.1. The maximum Gasteiger partial charge on any atom is 0.269 e. The quantitative estimate of drug-likeness (QED) is 0.673. The molecule has 0 atom stereocenters. The molecule has 0 aliphatic heterocycles.